The molecule has 5 nitrogen and oxygen atoms in total. The van der Waals surface area contributed by atoms with Gasteiger partial charge in [0.2, 0.25) is 0 Å². The molecule has 128 valence electrons. The number of aliphatic hydroxyl groups is 1. The molecule has 1 aliphatic heterocycles. The molecule has 1 saturated heterocycles. The van der Waals surface area contributed by atoms with Crippen molar-refractivity contribution < 1.29 is 9.84 Å². The van der Waals surface area contributed by atoms with Gasteiger partial charge in [-0.15, -0.1) is 0 Å². The number of hydrogen-bond acceptors (Lipinski definition) is 5. The van der Waals surface area contributed by atoms with E-state index in [0.29, 0.717) is 6.61 Å². The second-order valence-corrected chi connectivity index (χ2v) is 6.06. The number of piperazine rings is 1. The molecular weight excluding hydrogens is 302 g/mol. The van der Waals surface area contributed by atoms with Crippen molar-refractivity contribution >= 4 is 0 Å². The maximum absolute atomic E-state index is 9.03. The van der Waals surface area contributed by atoms with Crippen LogP contribution in [0.15, 0.2) is 48.7 Å². The number of benzene rings is 1. The van der Waals surface area contributed by atoms with Gasteiger partial charge in [-0.1, -0.05) is 24.3 Å². The Bertz CT molecular complexity index is 613. The number of nitrogens with zero attached hydrogens (tertiary/aromatic N) is 3. The standard InChI is InChI=1S/C19H25N3O2/c23-14-13-21-9-11-22(12-10-21)15-17-5-1-2-7-19(17)24-16-18-6-3-4-8-20-18/h1-8,23H,9-16H2. The molecular formula is C19H25N3O2. The largest absolute Gasteiger partial charge is 0.487 e. The van der Waals surface area contributed by atoms with Gasteiger partial charge in [-0.3, -0.25) is 14.8 Å². The fourth-order valence-electron chi connectivity index (χ4n) is 2.96. The summed E-state index contributed by atoms with van der Waals surface area (Å²) in [5.74, 6) is 0.931. The van der Waals surface area contributed by atoms with Gasteiger partial charge < -0.3 is 9.84 Å². The number of aromatic nitrogens is 1. The van der Waals surface area contributed by atoms with Crippen LogP contribution >= 0.6 is 0 Å². The summed E-state index contributed by atoms with van der Waals surface area (Å²) in [6.07, 6.45) is 1.79. The zero-order valence-electron chi connectivity index (χ0n) is 14.0. The zero-order valence-corrected chi connectivity index (χ0v) is 14.0. The van der Waals surface area contributed by atoms with Crippen molar-refractivity contribution in [2.24, 2.45) is 0 Å². The van der Waals surface area contributed by atoms with Crippen LogP contribution in [0.4, 0.5) is 0 Å². The van der Waals surface area contributed by atoms with E-state index in [1.165, 1.54) is 5.56 Å². The highest BCUT2D eigenvalue weighted by atomic mass is 16.5. The van der Waals surface area contributed by atoms with Crippen LogP contribution in [0.2, 0.25) is 0 Å². The fraction of sp³-hybridized carbons (Fsp3) is 0.421. The summed E-state index contributed by atoms with van der Waals surface area (Å²) in [4.78, 5) is 9.05. The van der Waals surface area contributed by atoms with Gasteiger partial charge in [-0.2, -0.15) is 0 Å². The third kappa shape index (κ3) is 4.77. The van der Waals surface area contributed by atoms with E-state index in [4.69, 9.17) is 9.84 Å². The van der Waals surface area contributed by atoms with Crippen LogP contribution < -0.4 is 4.74 Å². The summed E-state index contributed by atoms with van der Waals surface area (Å²) in [6.45, 7) is 6.47. The minimum Gasteiger partial charge on any atom is -0.487 e. The molecule has 0 spiro atoms. The van der Waals surface area contributed by atoms with Gasteiger partial charge in [-0.05, 0) is 18.2 Å². The lowest BCUT2D eigenvalue weighted by Crippen LogP contribution is -2.46. The third-order valence-corrected chi connectivity index (χ3v) is 4.35. The SMILES string of the molecule is OCCN1CCN(Cc2ccccc2OCc2ccccn2)CC1. The Balaban J connectivity index is 1.56. The molecule has 1 aliphatic rings. The Morgan fingerprint density at radius 3 is 2.46 bits per heavy atom. The molecule has 1 N–H and O–H groups in total. The number of para-hydroxylation sites is 1. The van der Waals surface area contributed by atoms with Gasteiger partial charge in [0, 0.05) is 51.0 Å². The van der Waals surface area contributed by atoms with E-state index < -0.39 is 0 Å². The lowest BCUT2D eigenvalue weighted by Gasteiger charge is -2.34. The lowest BCUT2D eigenvalue weighted by atomic mass is 10.1. The molecule has 2 aromatic rings. The summed E-state index contributed by atoms with van der Waals surface area (Å²) in [5.41, 5.74) is 2.15. The highest BCUT2D eigenvalue weighted by Gasteiger charge is 2.17. The van der Waals surface area contributed by atoms with Crippen LogP contribution in [0.1, 0.15) is 11.3 Å². The number of aliphatic hydroxyl groups excluding tert-OH is 1. The highest BCUT2D eigenvalue weighted by Crippen LogP contribution is 2.21. The van der Waals surface area contributed by atoms with Crippen LogP contribution in [0.25, 0.3) is 0 Å². The van der Waals surface area contributed by atoms with Gasteiger partial charge in [0.15, 0.2) is 0 Å². The van der Waals surface area contributed by atoms with Crippen molar-refractivity contribution in [1.82, 2.24) is 14.8 Å². The second-order valence-electron chi connectivity index (χ2n) is 6.06. The van der Waals surface area contributed by atoms with E-state index in [1.54, 1.807) is 6.20 Å². The van der Waals surface area contributed by atoms with Crippen molar-refractivity contribution in [3.05, 3.63) is 59.9 Å². The quantitative estimate of drug-likeness (QED) is 0.840. The first-order valence-corrected chi connectivity index (χ1v) is 8.51. The van der Waals surface area contributed by atoms with Crippen LogP contribution in [0, 0.1) is 0 Å². The highest BCUT2D eigenvalue weighted by molar-refractivity contribution is 5.33. The van der Waals surface area contributed by atoms with Crippen LogP contribution in [-0.2, 0) is 13.2 Å². The molecule has 0 bridgehead atoms. The zero-order chi connectivity index (χ0) is 16.6. The average Bonchev–Trinajstić information content (AvgIpc) is 2.64. The van der Waals surface area contributed by atoms with Crippen molar-refractivity contribution in [3.63, 3.8) is 0 Å². The normalized spacial score (nSPS) is 16.2. The Morgan fingerprint density at radius 1 is 0.958 bits per heavy atom. The van der Waals surface area contributed by atoms with E-state index in [-0.39, 0.29) is 6.61 Å². The molecule has 2 heterocycles. The molecule has 0 saturated carbocycles. The molecule has 0 unspecified atom stereocenters. The van der Waals surface area contributed by atoms with Gasteiger partial charge >= 0.3 is 0 Å². The average molecular weight is 327 g/mol. The Morgan fingerprint density at radius 2 is 1.71 bits per heavy atom. The summed E-state index contributed by atoms with van der Waals surface area (Å²) >= 11 is 0. The molecule has 5 heteroatoms. The fourth-order valence-corrected chi connectivity index (χ4v) is 2.96. The number of hydrogen-bond donors (Lipinski definition) is 1. The first-order valence-electron chi connectivity index (χ1n) is 8.51. The maximum atomic E-state index is 9.03. The van der Waals surface area contributed by atoms with E-state index in [9.17, 15) is 0 Å². The summed E-state index contributed by atoms with van der Waals surface area (Å²) < 4.78 is 5.99. The Hall–Kier alpha value is -1.95. The monoisotopic (exact) mass is 327 g/mol. The lowest BCUT2D eigenvalue weighted by molar-refractivity contribution is 0.107. The molecule has 0 aliphatic carbocycles. The summed E-state index contributed by atoms with van der Waals surface area (Å²) in [5, 5.41) is 9.03. The van der Waals surface area contributed by atoms with Gasteiger partial charge in [-0.25, -0.2) is 0 Å². The smallest absolute Gasteiger partial charge is 0.130 e. The summed E-state index contributed by atoms with van der Waals surface area (Å²) in [6, 6.07) is 14.1. The van der Waals surface area contributed by atoms with Crippen molar-refractivity contribution in [2.45, 2.75) is 13.2 Å². The minimum absolute atomic E-state index is 0.240. The predicted octanol–water partition coefficient (Wildman–Crippen LogP) is 1.77. The molecule has 24 heavy (non-hydrogen) atoms. The molecule has 0 amide bonds. The molecule has 1 aromatic heterocycles. The number of pyridine rings is 1. The van der Waals surface area contributed by atoms with E-state index in [1.807, 2.05) is 30.3 Å². The van der Waals surface area contributed by atoms with Gasteiger partial charge in [0.25, 0.3) is 0 Å². The number of ether oxygens (including phenoxy) is 1. The van der Waals surface area contributed by atoms with Crippen molar-refractivity contribution in [2.75, 3.05) is 39.3 Å². The molecule has 1 aromatic carbocycles. The third-order valence-electron chi connectivity index (χ3n) is 4.35. The van der Waals surface area contributed by atoms with E-state index in [0.717, 1.165) is 50.7 Å². The Kier molecular flexibility index (Phi) is 6.18. The predicted molar refractivity (Wildman–Crippen MR) is 93.8 cm³/mol. The van der Waals surface area contributed by atoms with Crippen molar-refractivity contribution in [3.8, 4) is 5.75 Å². The minimum atomic E-state index is 0.240. The van der Waals surface area contributed by atoms with Crippen LogP contribution in [-0.4, -0.2) is 59.2 Å². The van der Waals surface area contributed by atoms with Crippen LogP contribution in [0.3, 0.4) is 0 Å². The molecule has 0 atom stereocenters. The molecule has 0 radical (unpaired) electrons. The topological polar surface area (TPSA) is 48.8 Å². The van der Waals surface area contributed by atoms with E-state index in [2.05, 4.69) is 26.9 Å². The summed E-state index contributed by atoms with van der Waals surface area (Å²) in [7, 11) is 0. The number of β-amino-alcohol motifs (C(OH)–C–C–N with tert-alkyl or cyclic N) is 1. The first-order chi connectivity index (χ1) is 11.8. The second kappa shape index (κ2) is 8.78. The van der Waals surface area contributed by atoms with Gasteiger partial charge in [0.1, 0.15) is 12.4 Å². The van der Waals surface area contributed by atoms with Gasteiger partial charge in [0.05, 0.1) is 12.3 Å². The van der Waals surface area contributed by atoms with Crippen molar-refractivity contribution in [1.29, 1.82) is 0 Å². The maximum Gasteiger partial charge on any atom is 0.130 e. The van der Waals surface area contributed by atoms with Crippen LogP contribution in [0.5, 0.6) is 5.75 Å². The molecule has 1 fully saturated rings. The number of rotatable bonds is 7. The molecule has 3 rings (SSSR count). The first kappa shape index (κ1) is 16.9. The Labute approximate surface area is 143 Å². The van der Waals surface area contributed by atoms with E-state index >= 15 is 0 Å².